The van der Waals surface area contributed by atoms with Gasteiger partial charge in [0.05, 0.1) is 6.61 Å². The third kappa shape index (κ3) is 2.83. The molecule has 1 aromatic rings. The van der Waals surface area contributed by atoms with Crippen LogP contribution in [0.15, 0.2) is 6.07 Å². The molecule has 0 saturated heterocycles. The Labute approximate surface area is 101 Å². The molecule has 94 valence electrons. The lowest BCUT2D eigenvalue weighted by atomic mass is 10.3. The second-order valence-corrected chi connectivity index (χ2v) is 4.17. The Kier molecular flexibility index (Phi) is 3.75. The van der Waals surface area contributed by atoms with Crippen molar-refractivity contribution in [2.45, 2.75) is 32.2 Å². The number of hydrogen-bond donors (Lipinski definition) is 3. The first kappa shape index (κ1) is 12.1. The molecule has 0 atom stereocenters. The molecule has 1 heterocycles. The molecule has 0 amide bonds. The number of aliphatic hydroxyl groups is 1. The van der Waals surface area contributed by atoms with Crippen molar-refractivity contribution in [3.8, 4) is 0 Å². The maximum absolute atomic E-state index is 9.10. The van der Waals surface area contributed by atoms with E-state index in [2.05, 4.69) is 20.3 Å². The standard InChI is InChI=1S/C11H19N5O/c1-2-9-13-10(15-12)7-11(14-9)16(5-6-17)8-3-4-8/h7-8,17H,2-6,12H2,1H3,(H,13,14,15). The number of rotatable bonds is 6. The number of aryl methyl sites for hydroxylation is 1. The van der Waals surface area contributed by atoms with Crippen LogP contribution in [0.3, 0.4) is 0 Å². The zero-order valence-electron chi connectivity index (χ0n) is 10.1. The lowest BCUT2D eigenvalue weighted by molar-refractivity contribution is 0.301. The molecule has 6 heteroatoms. The highest BCUT2D eigenvalue weighted by molar-refractivity contribution is 5.50. The quantitative estimate of drug-likeness (QED) is 0.487. The van der Waals surface area contributed by atoms with Crippen molar-refractivity contribution in [1.29, 1.82) is 0 Å². The second kappa shape index (κ2) is 5.29. The Bertz CT molecular complexity index is 358. The van der Waals surface area contributed by atoms with Gasteiger partial charge in [-0.3, -0.25) is 0 Å². The third-order valence-electron chi connectivity index (χ3n) is 2.85. The number of nitrogens with one attached hydrogen (secondary N) is 1. The predicted octanol–water partition coefficient (Wildman–Crippen LogP) is 0.286. The van der Waals surface area contributed by atoms with Crippen LogP contribution in [-0.4, -0.2) is 34.3 Å². The number of hydrogen-bond acceptors (Lipinski definition) is 6. The summed E-state index contributed by atoms with van der Waals surface area (Å²) in [6.07, 6.45) is 3.09. The van der Waals surface area contributed by atoms with Crippen molar-refractivity contribution in [3.05, 3.63) is 11.9 Å². The van der Waals surface area contributed by atoms with Crippen molar-refractivity contribution >= 4 is 11.6 Å². The van der Waals surface area contributed by atoms with Gasteiger partial charge in [0, 0.05) is 25.1 Å². The van der Waals surface area contributed by atoms with Crippen molar-refractivity contribution in [2.24, 2.45) is 5.84 Å². The van der Waals surface area contributed by atoms with Crippen LogP contribution in [0.1, 0.15) is 25.6 Å². The van der Waals surface area contributed by atoms with E-state index in [1.165, 1.54) is 0 Å². The van der Waals surface area contributed by atoms with Crippen molar-refractivity contribution < 1.29 is 5.11 Å². The largest absolute Gasteiger partial charge is 0.395 e. The highest BCUT2D eigenvalue weighted by Gasteiger charge is 2.30. The van der Waals surface area contributed by atoms with Gasteiger partial charge in [0.1, 0.15) is 17.5 Å². The minimum absolute atomic E-state index is 0.132. The Morgan fingerprint density at radius 3 is 2.82 bits per heavy atom. The van der Waals surface area contributed by atoms with Crippen LogP contribution in [0.25, 0.3) is 0 Å². The molecule has 1 aromatic heterocycles. The summed E-state index contributed by atoms with van der Waals surface area (Å²) >= 11 is 0. The summed E-state index contributed by atoms with van der Waals surface area (Å²) in [5.74, 6) is 7.63. The number of anilines is 2. The minimum Gasteiger partial charge on any atom is -0.395 e. The normalized spacial score (nSPS) is 14.8. The number of nitrogens with zero attached hydrogens (tertiary/aromatic N) is 3. The molecule has 0 spiro atoms. The van der Waals surface area contributed by atoms with Crippen LogP contribution in [0.2, 0.25) is 0 Å². The average Bonchev–Trinajstić information content (AvgIpc) is 3.19. The summed E-state index contributed by atoms with van der Waals surface area (Å²) in [5.41, 5.74) is 2.56. The van der Waals surface area contributed by atoms with E-state index in [4.69, 9.17) is 10.9 Å². The number of nitrogen functional groups attached to an aromatic ring is 1. The topological polar surface area (TPSA) is 87.3 Å². The third-order valence-corrected chi connectivity index (χ3v) is 2.85. The number of hydrazine groups is 1. The van der Waals surface area contributed by atoms with Gasteiger partial charge in [-0.15, -0.1) is 0 Å². The maximum atomic E-state index is 9.10. The summed E-state index contributed by atoms with van der Waals surface area (Å²) < 4.78 is 0. The van der Waals surface area contributed by atoms with E-state index < -0.39 is 0 Å². The summed E-state index contributed by atoms with van der Waals surface area (Å²) in [7, 11) is 0. The fourth-order valence-corrected chi connectivity index (χ4v) is 1.84. The van der Waals surface area contributed by atoms with Crippen molar-refractivity contribution in [2.75, 3.05) is 23.5 Å². The Morgan fingerprint density at radius 1 is 1.53 bits per heavy atom. The van der Waals surface area contributed by atoms with E-state index >= 15 is 0 Å². The van der Waals surface area contributed by atoms with Crippen molar-refractivity contribution in [1.82, 2.24) is 9.97 Å². The van der Waals surface area contributed by atoms with E-state index in [0.717, 1.165) is 30.9 Å². The van der Waals surface area contributed by atoms with Crippen molar-refractivity contribution in [3.63, 3.8) is 0 Å². The molecule has 1 fully saturated rings. The predicted molar refractivity (Wildman–Crippen MR) is 66.7 cm³/mol. The molecule has 6 nitrogen and oxygen atoms in total. The molecule has 17 heavy (non-hydrogen) atoms. The highest BCUT2D eigenvalue weighted by Crippen LogP contribution is 2.31. The zero-order valence-corrected chi connectivity index (χ0v) is 10.1. The van der Waals surface area contributed by atoms with Crippen LogP contribution in [0.4, 0.5) is 11.6 Å². The van der Waals surface area contributed by atoms with Gasteiger partial charge in [0.2, 0.25) is 0 Å². The fourth-order valence-electron chi connectivity index (χ4n) is 1.84. The van der Waals surface area contributed by atoms with Gasteiger partial charge in [-0.1, -0.05) is 6.92 Å². The zero-order chi connectivity index (χ0) is 12.3. The summed E-state index contributed by atoms with van der Waals surface area (Å²) in [4.78, 5) is 10.9. The number of aromatic nitrogens is 2. The molecule has 0 radical (unpaired) electrons. The van der Waals surface area contributed by atoms with Gasteiger partial charge in [-0.05, 0) is 12.8 Å². The highest BCUT2D eigenvalue weighted by atomic mass is 16.3. The van der Waals surface area contributed by atoms with Gasteiger partial charge < -0.3 is 15.4 Å². The Balaban J connectivity index is 2.27. The molecule has 0 aliphatic heterocycles. The van der Waals surface area contributed by atoms with Gasteiger partial charge in [0.25, 0.3) is 0 Å². The van der Waals surface area contributed by atoms with E-state index in [-0.39, 0.29) is 6.61 Å². The molecule has 1 aliphatic carbocycles. The monoisotopic (exact) mass is 237 g/mol. The molecule has 0 bridgehead atoms. The Morgan fingerprint density at radius 2 is 2.29 bits per heavy atom. The SMILES string of the molecule is CCc1nc(NN)cc(N(CCO)C2CC2)n1. The molecular weight excluding hydrogens is 218 g/mol. The fraction of sp³-hybridized carbons (Fsp3) is 0.636. The smallest absolute Gasteiger partial charge is 0.145 e. The Hall–Kier alpha value is -1.40. The first-order valence-electron chi connectivity index (χ1n) is 6.00. The van der Waals surface area contributed by atoms with E-state index in [0.29, 0.717) is 18.4 Å². The first-order chi connectivity index (χ1) is 8.28. The molecular formula is C11H19N5O. The molecule has 2 rings (SSSR count). The van der Waals surface area contributed by atoms with Gasteiger partial charge in [0.15, 0.2) is 0 Å². The second-order valence-electron chi connectivity index (χ2n) is 4.17. The summed E-state index contributed by atoms with van der Waals surface area (Å²) in [5, 5.41) is 9.10. The lowest BCUT2D eigenvalue weighted by Crippen LogP contribution is -2.30. The van der Waals surface area contributed by atoms with E-state index in [1.807, 2.05) is 13.0 Å². The lowest BCUT2D eigenvalue weighted by Gasteiger charge is -2.23. The van der Waals surface area contributed by atoms with Gasteiger partial charge >= 0.3 is 0 Å². The van der Waals surface area contributed by atoms with Gasteiger partial charge in [-0.2, -0.15) is 0 Å². The molecule has 0 aromatic carbocycles. The minimum atomic E-state index is 0.132. The number of aliphatic hydroxyl groups excluding tert-OH is 1. The van der Waals surface area contributed by atoms with Crippen LogP contribution in [0.5, 0.6) is 0 Å². The van der Waals surface area contributed by atoms with Crippen LogP contribution >= 0.6 is 0 Å². The average molecular weight is 237 g/mol. The number of nitrogens with two attached hydrogens (primary N) is 1. The molecule has 4 N–H and O–H groups in total. The molecule has 1 aliphatic rings. The van der Waals surface area contributed by atoms with E-state index in [9.17, 15) is 0 Å². The van der Waals surface area contributed by atoms with Crippen LogP contribution < -0.4 is 16.2 Å². The first-order valence-corrected chi connectivity index (χ1v) is 6.00. The summed E-state index contributed by atoms with van der Waals surface area (Å²) in [6.45, 7) is 2.75. The molecule has 1 saturated carbocycles. The van der Waals surface area contributed by atoms with Gasteiger partial charge in [-0.25, -0.2) is 15.8 Å². The maximum Gasteiger partial charge on any atom is 0.145 e. The molecule has 0 unspecified atom stereocenters. The van der Waals surface area contributed by atoms with Crippen LogP contribution in [0, 0.1) is 0 Å². The summed E-state index contributed by atoms with van der Waals surface area (Å²) in [6, 6.07) is 2.33. The van der Waals surface area contributed by atoms with E-state index in [1.54, 1.807) is 0 Å². The van der Waals surface area contributed by atoms with Crippen LogP contribution in [-0.2, 0) is 6.42 Å².